The van der Waals surface area contributed by atoms with Gasteiger partial charge in [-0.1, -0.05) is 12.1 Å². The summed E-state index contributed by atoms with van der Waals surface area (Å²) in [4.78, 5) is 6.79. The first-order chi connectivity index (χ1) is 9.33. The molecular weight excluding hydrogens is 232 g/mol. The number of hydrogen-bond acceptors (Lipinski definition) is 2. The van der Waals surface area contributed by atoms with E-state index in [0.717, 1.165) is 0 Å². The molecule has 0 N–H and O–H groups in total. The maximum Gasteiger partial charge on any atom is 0.0372 e. The third-order valence-electron chi connectivity index (χ3n) is 3.78. The Hall–Kier alpha value is -1.83. The van der Waals surface area contributed by atoms with Crippen molar-refractivity contribution in [2.45, 2.75) is 26.2 Å². The van der Waals surface area contributed by atoms with Crippen LogP contribution in [-0.4, -0.2) is 18.1 Å². The minimum atomic E-state index is 1.19. The van der Waals surface area contributed by atoms with Gasteiger partial charge in [-0.2, -0.15) is 0 Å². The first-order valence-electron chi connectivity index (χ1n) is 7.10. The summed E-state index contributed by atoms with van der Waals surface area (Å²) >= 11 is 0. The van der Waals surface area contributed by atoms with Crippen LogP contribution in [0, 0.1) is 6.92 Å². The summed E-state index contributed by atoms with van der Waals surface area (Å²) in [5, 5.41) is 0. The van der Waals surface area contributed by atoms with Crippen LogP contribution in [0.15, 0.2) is 42.7 Å². The van der Waals surface area contributed by atoms with Crippen molar-refractivity contribution in [1.82, 2.24) is 4.98 Å². The van der Waals surface area contributed by atoms with E-state index in [1.54, 1.807) is 0 Å². The normalized spacial score (nSPS) is 15.5. The Bertz CT molecular complexity index is 557. The van der Waals surface area contributed by atoms with Crippen LogP contribution in [0.2, 0.25) is 0 Å². The molecule has 2 nitrogen and oxygen atoms in total. The second kappa shape index (κ2) is 5.43. The van der Waals surface area contributed by atoms with Gasteiger partial charge in [0.2, 0.25) is 0 Å². The molecule has 0 radical (unpaired) electrons. The Balaban J connectivity index is 1.91. The molecule has 1 aliphatic rings. The molecule has 1 fully saturated rings. The zero-order valence-corrected chi connectivity index (χ0v) is 11.5. The molecule has 1 aliphatic heterocycles. The number of aromatic nitrogens is 1. The Morgan fingerprint density at radius 1 is 0.947 bits per heavy atom. The molecule has 98 valence electrons. The summed E-state index contributed by atoms with van der Waals surface area (Å²) in [6.07, 6.45) is 7.85. The molecule has 1 saturated heterocycles. The molecule has 1 aromatic carbocycles. The number of aryl methyl sites for hydroxylation is 1. The lowest BCUT2D eigenvalue weighted by atomic mass is 10.0. The minimum absolute atomic E-state index is 1.19. The monoisotopic (exact) mass is 252 g/mol. The van der Waals surface area contributed by atoms with Gasteiger partial charge in [-0.05, 0) is 55.5 Å². The van der Waals surface area contributed by atoms with Gasteiger partial charge >= 0.3 is 0 Å². The van der Waals surface area contributed by atoms with E-state index in [-0.39, 0.29) is 0 Å². The highest BCUT2D eigenvalue weighted by Gasteiger charge is 2.11. The van der Waals surface area contributed by atoms with Crippen LogP contribution in [-0.2, 0) is 0 Å². The molecule has 0 saturated carbocycles. The molecule has 0 spiro atoms. The topological polar surface area (TPSA) is 16.1 Å². The molecule has 1 aromatic heterocycles. The minimum Gasteiger partial charge on any atom is -0.372 e. The Kier molecular flexibility index (Phi) is 3.49. The van der Waals surface area contributed by atoms with Gasteiger partial charge in [-0.25, -0.2) is 0 Å². The number of rotatable bonds is 2. The van der Waals surface area contributed by atoms with E-state index in [1.807, 2.05) is 12.4 Å². The molecule has 0 aliphatic carbocycles. The van der Waals surface area contributed by atoms with Crippen molar-refractivity contribution < 1.29 is 0 Å². The number of anilines is 1. The van der Waals surface area contributed by atoms with Crippen LogP contribution in [0.1, 0.15) is 24.8 Å². The fourth-order valence-electron chi connectivity index (χ4n) is 2.75. The lowest BCUT2D eigenvalue weighted by molar-refractivity contribution is 0.578. The van der Waals surface area contributed by atoms with E-state index in [1.165, 1.54) is 54.7 Å². The summed E-state index contributed by atoms with van der Waals surface area (Å²) < 4.78 is 0. The Labute approximate surface area is 115 Å². The van der Waals surface area contributed by atoms with Crippen molar-refractivity contribution >= 4 is 5.69 Å². The highest BCUT2D eigenvalue weighted by atomic mass is 15.1. The third-order valence-corrected chi connectivity index (χ3v) is 3.78. The lowest BCUT2D eigenvalue weighted by Crippen LogP contribution is -2.29. The van der Waals surface area contributed by atoms with Crippen molar-refractivity contribution in [1.29, 1.82) is 0 Å². The van der Waals surface area contributed by atoms with Gasteiger partial charge in [-0.15, -0.1) is 0 Å². The van der Waals surface area contributed by atoms with Crippen LogP contribution in [0.4, 0.5) is 5.69 Å². The van der Waals surface area contributed by atoms with Crippen molar-refractivity contribution in [2.75, 3.05) is 18.0 Å². The molecule has 2 heterocycles. The number of pyridine rings is 1. The SMILES string of the molecule is Cc1cncc(-c2cccc(N3CCCCC3)c2)c1. The molecule has 2 aromatic rings. The standard InChI is InChI=1S/C17H20N2/c1-14-10-16(13-18-12-14)15-6-5-7-17(11-15)19-8-3-2-4-9-19/h5-7,10-13H,2-4,8-9H2,1H3. The fourth-order valence-corrected chi connectivity index (χ4v) is 2.75. The number of piperidine rings is 1. The molecule has 0 bridgehead atoms. The van der Waals surface area contributed by atoms with Gasteiger partial charge in [-0.3, -0.25) is 4.98 Å². The van der Waals surface area contributed by atoms with E-state index in [9.17, 15) is 0 Å². The van der Waals surface area contributed by atoms with Crippen molar-refractivity contribution in [2.24, 2.45) is 0 Å². The van der Waals surface area contributed by atoms with Gasteiger partial charge < -0.3 is 4.90 Å². The highest BCUT2D eigenvalue weighted by molar-refractivity contribution is 5.68. The predicted molar refractivity (Wildman–Crippen MR) is 80.5 cm³/mol. The maximum atomic E-state index is 4.29. The van der Waals surface area contributed by atoms with Crippen molar-refractivity contribution in [3.8, 4) is 11.1 Å². The van der Waals surface area contributed by atoms with Gasteiger partial charge in [0.15, 0.2) is 0 Å². The number of nitrogens with zero attached hydrogens (tertiary/aromatic N) is 2. The van der Waals surface area contributed by atoms with Crippen molar-refractivity contribution in [3.63, 3.8) is 0 Å². The van der Waals surface area contributed by atoms with Gasteiger partial charge in [0, 0.05) is 36.7 Å². The largest absolute Gasteiger partial charge is 0.372 e. The first kappa shape index (κ1) is 12.2. The van der Waals surface area contributed by atoms with Gasteiger partial charge in [0.25, 0.3) is 0 Å². The summed E-state index contributed by atoms with van der Waals surface area (Å²) in [5.41, 5.74) is 5.03. The van der Waals surface area contributed by atoms with Crippen LogP contribution in [0.3, 0.4) is 0 Å². The van der Waals surface area contributed by atoms with E-state index in [0.29, 0.717) is 0 Å². The van der Waals surface area contributed by atoms with E-state index < -0.39 is 0 Å². The Morgan fingerprint density at radius 3 is 2.58 bits per heavy atom. The van der Waals surface area contributed by atoms with Crippen LogP contribution < -0.4 is 4.90 Å². The average molecular weight is 252 g/mol. The van der Waals surface area contributed by atoms with Crippen LogP contribution in [0.25, 0.3) is 11.1 Å². The zero-order valence-electron chi connectivity index (χ0n) is 11.5. The molecule has 3 rings (SSSR count). The molecule has 0 amide bonds. The summed E-state index contributed by atoms with van der Waals surface area (Å²) in [6.45, 7) is 4.47. The molecule has 19 heavy (non-hydrogen) atoms. The zero-order chi connectivity index (χ0) is 13.1. The second-order valence-electron chi connectivity index (χ2n) is 5.35. The summed E-state index contributed by atoms with van der Waals surface area (Å²) in [6, 6.07) is 11.0. The lowest BCUT2D eigenvalue weighted by Gasteiger charge is -2.29. The average Bonchev–Trinajstić information content (AvgIpc) is 2.48. The second-order valence-corrected chi connectivity index (χ2v) is 5.35. The highest BCUT2D eigenvalue weighted by Crippen LogP contribution is 2.26. The molecule has 0 atom stereocenters. The molecule has 0 unspecified atom stereocenters. The van der Waals surface area contributed by atoms with Gasteiger partial charge in [0.1, 0.15) is 0 Å². The van der Waals surface area contributed by atoms with Crippen LogP contribution in [0.5, 0.6) is 0 Å². The quantitative estimate of drug-likeness (QED) is 0.801. The third kappa shape index (κ3) is 2.78. The maximum absolute atomic E-state index is 4.29. The van der Waals surface area contributed by atoms with Gasteiger partial charge in [0.05, 0.1) is 0 Å². The Morgan fingerprint density at radius 2 is 1.79 bits per heavy atom. The molecule has 2 heteroatoms. The summed E-state index contributed by atoms with van der Waals surface area (Å²) in [5.74, 6) is 0. The van der Waals surface area contributed by atoms with Crippen molar-refractivity contribution in [3.05, 3.63) is 48.3 Å². The first-order valence-corrected chi connectivity index (χ1v) is 7.10. The smallest absolute Gasteiger partial charge is 0.0372 e. The summed E-state index contributed by atoms with van der Waals surface area (Å²) in [7, 11) is 0. The van der Waals surface area contributed by atoms with E-state index >= 15 is 0 Å². The fraction of sp³-hybridized carbons (Fsp3) is 0.353. The van der Waals surface area contributed by atoms with E-state index in [4.69, 9.17) is 0 Å². The predicted octanol–water partition coefficient (Wildman–Crippen LogP) is 4.05. The molecular formula is C17H20N2. The van der Waals surface area contributed by atoms with E-state index in [2.05, 4.69) is 47.1 Å². The number of hydrogen-bond donors (Lipinski definition) is 0. The van der Waals surface area contributed by atoms with Crippen LogP contribution >= 0.6 is 0 Å². The number of benzene rings is 1.